The van der Waals surface area contributed by atoms with Crippen LogP contribution >= 0.6 is 0 Å². The minimum Gasteiger partial charge on any atom is -0.325 e. The van der Waals surface area contributed by atoms with Crippen molar-refractivity contribution in [1.29, 1.82) is 0 Å². The number of amides is 1. The monoisotopic (exact) mass is 595 g/mol. The number of nitrogens with one attached hydrogen (secondary N) is 2. The van der Waals surface area contributed by atoms with Crippen LogP contribution in [0.2, 0.25) is 0 Å². The Morgan fingerprint density at radius 2 is 1.44 bits per heavy atom. The van der Waals surface area contributed by atoms with Crippen LogP contribution in [0.25, 0.3) is 0 Å². The van der Waals surface area contributed by atoms with Gasteiger partial charge in [0.05, 0.1) is 16.8 Å². The molecule has 0 radical (unpaired) electrons. The lowest BCUT2D eigenvalue weighted by molar-refractivity contribution is -0.114. The van der Waals surface area contributed by atoms with Crippen LogP contribution in [0.3, 0.4) is 0 Å². The molecule has 0 unspecified atom stereocenters. The Morgan fingerprint density at radius 3 is 1.98 bits per heavy atom. The topological polar surface area (TPSA) is 138 Å². The number of nitrogens with zero attached hydrogens (tertiary/aromatic N) is 3. The molecular weight excluding hydrogens is 562 g/mol. The molecule has 3 aromatic rings. The lowest BCUT2D eigenvalue weighted by Gasteiger charge is -2.57. The fraction of sp³-hybridized carbons (Fsp3) is 0.414. The molecule has 10 nitrogen and oxygen atoms in total. The maximum atomic E-state index is 12.9. The summed E-state index contributed by atoms with van der Waals surface area (Å²) < 4.78 is 54.0. The van der Waals surface area contributed by atoms with Crippen LogP contribution in [-0.2, 0) is 30.3 Å². The van der Waals surface area contributed by atoms with Crippen molar-refractivity contribution in [2.45, 2.75) is 48.8 Å². The molecule has 4 aliphatic rings. The molecule has 2 aromatic carbocycles. The Labute approximate surface area is 240 Å². The number of sulfonamides is 2. The number of benzene rings is 2. The van der Waals surface area contributed by atoms with Crippen molar-refractivity contribution in [3.8, 4) is 0 Å². The Balaban J connectivity index is 1.13. The molecule has 4 bridgehead atoms. The molecule has 1 amide bonds. The maximum absolute atomic E-state index is 12.9. The number of aromatic nitrogens is 2. The average Bonchev–Trinajstić information content (AvgIpc) is 2.91. The molecule has 0 aliphatic heterocycles. The summed E-state index contributed by atoms with van der Waals surface area (Å²) in [4.78, 5) is 20.6. The molecule has 4 aliphatic carbocycles. The Hall–Kier alpha value is -3.51. The second kappa shape index (κ2) is 10.4. The number of rotatable bonds is 9. The van der Waals surface area contributed by atoms with Crippen LogP contribution in [0.4, 0.5) is 17.3 Å². The summed E-state index contributed by atoms with van der Waals surface area (Å²) in [6.45, 7) is -0.414. The van der Waals surface area contributed by atoms with Gasteiger partial charge in [-0.2, -0.15) is 0 Å². The van der Waals surface area contributed by atoms with E-state index in [1.54, 1.807) is 6.07 Å². The van der Waals surface area contributed by atoms with Gasteiger partial charge in [-0.3, -0.25) is 9.10 Å². The minimum atomic E-state index is -3.93. The van der Waals surface area contributed by atoms with Crippen molar-refractivity contribution in [3.05, 3.63) is 72.6 Å². The van der Waals surface area contributed by atoms with Gasteiger partial charge in [0.2, 0.25) is 21.9 Å². The number of carbonyl (C=O) groups excluding carboxylic acids is 1. The third kappa shape index (κ3) is 5.80. The zero-order valence-electron chi connectivity index (χ0n) is 22.7. The highest BCUT2D eigenvalue weighted by molar-refractivity contribution is 7.92. The van der Waals surface area contributed by atoms with Crippen LogP contribution in [-0.4, -0.2) is 45.5 Å². The van der Waals surface area contributed by atoms with Gasteiger partial charge in [-0.1, -0.05) is 12.1 Å². The molecule has 12 heteroatoms. The van der Waals surface area contributed by atoms with E-state index in [2.05, 4.69) is 20.0 Å². The maximum Gasteiger partial charge on any atom is 0.264 e. The molecular formula is C29H33N5O5S2. The molecule has 7 rings (SSSR count). The molecule has 4 saturated carbocycles. The summed E-state index contributed by atoms with van der Waals surface area (Å²) in [5.41, 5.74) is 2.24. The Morgan fingerprint density at radius 1 is 0.878 bits per heavy atom. The van der Waals surface area contributed by atoms with Gasteiger partial charge in [-0.25, -0.2) is 31.5 Å². The minimum absolute atomic E-state index is 0.0418. The first kappa shape index (κ1) is 27.6. The fourth-order valence-electron chi connectivity index (χ4n) is 7.42. The molecule has 4 fully saturated rings. The van der Waals surface area contributed by atoms with Crippen LogP contribution < -0.4 is 14.3 Å². The van der Waals surface area contributed by atoms with Gasteiger partial charge in [-0.05, 0) is 110 Å². The lowest BCUT2D eigenvalue weighted by atomic mass is 9.48. The zero-order valence-corrected chi connectivity index (χ0v) is 24.4. The van der Waals surface area contributed by atoms with Crippen LogP contribution in [0.15, 0.2) is 71.9 Å². The first-order valence-corrected chi connectivity index (χ1v) is 17.1. The second-order valence-electron chi connectivity index (χ2n) is 11.8. The first-order valence-electron chi connectivity index (χ1n) is 13.8. The highest BCUT2D eigenvalue weighted by Gasteiger charge is 2.51. The van der Waals surface area contributed by atoms with E-state index in [1.165, 1.54) is 80.7 Å². The number of anilines is 3. The normalized spacial score (nSPS) is 25.0. The predicted molar refractivity (Wildman–Crippen MR) is 156 cm³/mol. The molecule has 0 saturated heterocycles. The molecule has 0 spiro atoms. The first-order chi connectivity index (χ1) is 19.5. The van der Waals surface area contributed by atoms with E-state index in [0.717, 1.165) is 28.3 Å². The van der Waals surface area contributed by atoms with Gasteiger partial charge in [0.15, 0.2) is 0 Å². The van der Waals surface area contributed by atoms with Crippen molar-refractivity contribution in [2.75, 3.05) is 27.1 Å². The standard InChI is InChI=1S/C29H33N5O5S2/c1-40(36,37)34(25-7-3-23(4-8-25)29-16-20-13-21(17-29)15-22(14-20)18-29)19-27(35)32-24-5-9-26(10-6-24)41(38,39)33-28-30-11-2-12-31-28/h2-12,20-22H,13-19H2,1H3,(H,32,35)(H,30,31,33). The van der Waals surface area contributed by atoms with Gasteiger partial charge in [0.1, 0.15) is 6.54 Å². The van der Waals surface area contributed by atoms with E-state index in [0.29, 0.717) is 11.4 Å². The van der Waals surface area contributed by atoms with Crippen molar-refractivity contribution < 1.29 is 21.6 Å². The molecule has 0 atom stereocenters. The van der Waals surface area contributed by atoms with Crippen LogP contribution in [0.5, 0.6) is 0 Å². The number of hydrogen-bond donors (Lipinski definition) is 2. The summed E-state index contributed by atoms with van der Waals surface area (Å²) >= 11 is 0. The van der Waals surface area contributed by atoms with Crippen molar-refractivity contribution in [1.82, 2.24) is 9.97 Å². The predicted octanol–water partition coefficient (Wildman–Crippen LogP) is 4.15. The van der Waals surface area contributed by atoms with Gasteiger partial charge in [-0.15, -0.1) is 0 Å². The summed E-state index contributed by atoms with van der Waals surface area (Å²) in [6, 6.07) is 14.8. The number of hydrogen-bond acceptors (Lipinski definition) is 7. The zero-order chi connectivity index (χ0) is 28.8. The van der Waals surface area contributed by atoms with E-state index in [1.807, 2.05) is 24.3 Å². The Bertz CT molecular complexity index is 1610. The fourth-order valence-corrected chi connectivity index (χ4v) is 9.24. The molecule has 1 aromatic heterocycles. The third-order valence-corrected chi connectivity index (χ3v) is 11.2. The largest absolute Gasteiger partial charge is 0.325 e. The third-order valence-electron chi connectivity index (χ3n) is 8.73. The lowest BCUT2D eigenvalue weighted by Crippen LogP contribution is -2.48. The molecule has 1 heterocycles. The second-order valence-corrected chi connectivity index (χ2v) is 15.4. The van der Waals surface area contributed by atoms with Crippen LogP contribution in [0.1, 0.15) is 44.1 Å². The van der Waals surface area contributed by atoms with Gasteiger partial charge < -0.3 is 5.32 Å². The van der Waals surface area contributed by atoms with E-state index < -0.39 is 32.5 Å². The van der Waals surface area contributed by atoms with Gasteiger partial charge in [0.25, 0.3) is 10.0 Å². The van der Waals surface area contributed by atoms with Crippen molar-refractivity contribution in [3.63, 3.8) is 0 Å². The molecule has 2 N–H and O–H groups in total. The summed E-state index contributed by atoms with van der Waals surface area (Å²) in [7, 11) is -7.67. The Kier molecular flexibility index (Phi) is 7.01. The van der Waals surface area contributed by atoms with Crippen LogP contribution in [0, 0.1) is 17.8 Å². The van der Waals surface area contributed by atoms with E-state index in [4.69, 9.17) is 0 Å². The van der Waals surface area contributed by atoms with E-state index in [-0.39, 0.29) is 16.3 Å². The van der Waals surface area contributed by atoms with E-state index >= 15 is 0 Å². The summed E-state index contributed by atoms with van der Waals surface area (Å²) in [5.74, 6) is 1.81. The summed E-state index contributed by atoms with van der Waals surface area (Å²) in [6.07, 6.45) is 11.6. The van der Waals surface area contributed by atoms with E-state index in [9.17, 15) is 21.6 Å². The quantitative estimate of drug-likeness (QED) is 0.379. The van der Waals surface area contributed by atoms with Gasteiger partial charge >= 0.3 is 0 Å². The highest BCUT2D eigenvalue weighted by Crippen LogP contribution is 2.60. The van der Waals surface area contributed by atoms with Crippen molar-refractivity contribution >= 4 is 43.3 Å². The highest BCUT2D eigenvalue weighted by atomic mass is 32.2. The average molecular weight is 596 g/mol. The number of carbonyl (C=O) groups is 1. The SMILES string of the molecule is CS(=O)(=O)N(CC(=O)Nc1ccc(S(=O)(=O)Nc2ncccn2)cc1)c1ccc(C23CC4CC(CC(C4)C2)C3)cc1. The molecule has 41 heavy (non-hydrogen) atoms. The smallest absolute Gasteiger partial charge is 0.264 e. The summed E-state index contributed by atoms with van der Waals surface area (Å²) in [5, 5.41) is 2.66. The van der Waals surface area contributed by atoms with Gasteiger partial charge in [0, 0.05) is 18.1 Å². The van der Waals surface area contributed by atoms with Crippen molar-refractivity contribution in [2.24, 2.45) is 17.8 Å². The molecule has 216 valence electrons.